The summed E-state index contributed by atoms with van der Waals surface area (Å²) in [6.45, 7) is 9.27. The number of piperazine rings is 1. The molecule has 2 heterocycles. The number of nitrogens with zero attached hydrogens (tertiary/aromatic N) is 4. The Morgan fingerprint density at radius 2 is 1.91 bits per heavy atom. The minimum absolute atomic E-state index is 0.0598. The van der Waals surface area contributed by atoms with Crippen molar-refractivity contribution in [1.29, 1.82) is 0 Å². The molecule has 1 aromatic rings. The molecule has 2 rings (SSSR count). The predicted molar refractivity (Wildman–Crippen MR) is 85.6 cm³/mol. The molecule has 0 spiro atoms. The molecule has 1 saturated heterocycles. The Labute approximate surface area is 135 Å². The van der Waals surface area contributed by atoms with E-state index < -0.39 is 10.5 Å². The van der Waals surface area contributed by atoms with E-state index in [4.69, 9.17) is 4.74 Å². The molecule has 23 heavy (non-hydrogen) atoms. The fraction of sp³-hybridized carbons (Fsp3) is 0.600. The summed E-state index contributed by atoms with van der Waals surface area (Å²) in [7, 11) is 0. The van der Waals surface area contributed by atoms with Gasteiger partial charge in [-0.2, -0.15) is 0 Å². The van der Waals surface area contributed by atoms with Gasteiger partial charge in [-0.1, -0.05) is 0 Å². The molecule has 1 fully saturated rings. The number of anilines is 1. The minimum atomic E-state index is -0.520. The lowest BCUT2D eigenvalue weighted by atomic mass is 10.2. The van der Waals surface area contributed by atoms with Gasteiger partial charge < -0.3 is 14.5 Å². The summed E-state index contributed by atoms with van der Waals surface area (Å²) >= 11 is 0. The number of aryl methyl sites for hydroxylation is 1. The molecular formula is C15H22N4O4. The lowest BCUT2D eigenvalue weighted by Crippen LogP contribution is -2.50. The summed E-state index contributed by atoms with van der Waals surface area (Å²) < 4.78 is 5.35. The zero-order chi connectivity index (χ0) is 17.2. The topological polar surface area (TPSA) is 88.8 Å². The first-order chi connectivity index (χ1) is 10.7. The number of pyridine rings is 1. The molecule has 8 heteroatoms. The lowest BCUT2D eigenvalue weighted by molar-refractivity contribution is -0.385. The predicted octanol–water partition coefficient (Wildman–Crippen LogP) is 2.36. The Bertz CT molecular complexity index is 604. The maximum Gasteiger partial charge on any atom is 0.410 e. The zero-order valence-corrected chi connectivity index (χ0v) is 13.9. The first-order valence-corrected chi connectivity index (χ1v) is 7.51. The van der Waals surface area contributed by atoms with E-state index >= 15 is 0 Å². The third-order valence-electron chi connectivity index (χ3n) is 3.51. The van der Waals surface area contributed by atoms with E-state index in [1.54, 1.807) is 11.8 Å². The number of ether oxygens (including phenoxy) is 1. The van der Waals surface area contributed by atoms with Crippen molar-refractivity contribution in [2.45, 2.75) is 33.3 Å². The normalized spacial score (nSPS) is 15.5. The van der Waals surface area contributed by atoms with Crippen LogP contribution in [0.4, 0.5) is 16.3 Å². The van der Waals surface area contributed by atoms with Crippen LogP contribution in [0.25, 0.3) is 0 Å². The summed E-state index contributed by atoms with van der Waals surface area (Å²) in [4.78, 5) is 30.5. The van der Waals surface area contributed by atoms with Crippen molar-refractivity contribution in [3.8, 4) is 0 Å². The molecule has 0 saturated carbocycles. The maximum absolute atomic E-state index is 12.0. The van der Waals surface area contributed by atoms with E-state index in [1.807, 2.05) is 25.7 Å². The van der Waals surface area contributed by atoms with E-state index in [0.29, 0.717) is 37.6 Å². The molecule has 0 bridgehead atoms. The van der Waals surface area contributed by atoms with Crippen LogP contribution >= 0.6 is 0 Å². The second kappa shape index (κ2) is 6.39. The SMILES string of the molecule is Cc1cnc(N2CCN(C(=O)OC(C)(C)C)CC2)cc1[N+](=O)[O-]. The number of hydrogen-bond donors (Lipinski definition) is 0. The number of nitro groups is 1. The average Bonchev–Trinajstić information content (AvgIpc) is 2.46. The summed E-state index contributed by atoms with van der Waals surface area (Å²) in [6.07, 6.45) is 1.17. The van der Waals surface area contributed by atoms with Crippen molar-refractivity contribution >= 4 is 17.6 Å². The van der Waals surface area contributed by atoms with Crippen LogP contribution in [-0.4, -0.2) is 52.7 Å². The maximum atomic E-state index is 12.0. The quantitative estimate of drug-likeness (QED) is 0.613. The van der Waals surface area contributed by atoms with E-state index in [1.165, 1.54) is 12.3 Å². The van der Waals surface area contributed by atoms with Crippen LogP contribution in [0.2, 0.25) is 0 Å². The highest BCUT2D eigenvalue weighted by molar-refractivity contribution is 5.68. The lowest BCUT2D eigenvalue weighted by Gasteiger charge is -2.36. The fourth-order valence-corrected chi connectivity index (χ4v) is 2.32. The van der Waals surface area contributed by atoms with Crippen molar-refractivity contribution < 1.29 is 14.5 Å². The van der Waals surface area contributed by atoms with Gasteiger partial charge in [0, 0.05) is 37.9 Å². The summed E-state index contributed by atoms with van der Waals surface area (Å²) in [5, 5.41) is 11.0. The van der Waals surface area contributed by atoms with Gasteiger partial charge in [0.1, 0.15) is 11.4 Å². The average molecular weight is 322 g/mol. The van der Waals surface area contributed by atoms with E-state index in [0.717, 1.165) is 0 Å². The van der Waals surface area contributed by atoms with Gasteiger partial charge in [0.2, 0.25) is 0 Å². The summed E-state index contributed by atoms with van der Waals surface area (Å²) in [5.74, 6) is 0.561. The second-order valence-corrected chi connectivity index (χ2v) is 6.54. The van der Waals surface area contributed by atoms with Gasteiger partial charge in [-0.3, -0.25) is 10.1 Å². The molecule has 0 radical (unpaired) electrons. The van der Waals surface area contributed by atoms with Gasteiger partial charge in [0.15, 0.2) is 0 Å². The van der Waals surface area contributed by atoms with E-state index in [-0.39, 0.29) is 11.8 Å². The van der Waals surface area contributed by atoms with Gasteiger partial charge in [-0.15, -0.1) is 0 Å². The first kappa shape index (κ1) is 17.0. The zero-order valence-electron chi connectivity index (χ0n) is 13.9. The molecule has 0 N–H and O–H groups in total. The van der Waals surface area contributed by atoms with Crippen molar-refractivity contribution in [1.82, 2.24) is 9.88 Å². The Balaban J connectivity index is 2.01. The highest BCUT2D eigenvalue weighted by atomic mass is 16.6. The van der Waals surface area contributed by atoms with E-state index in [2.05, 4.69) is 4.98 Å². The van der Waals surface area contributed by atoms with Gasteiger partial charge >= 0.3 is 6.09 Å². The molecule has 0 aliphatic carbocycles. The van der Waals surface area contributed by atoms with Gasteiger partial charge in [-0.05, 0) is 27.7 Å². The number of aromatic nitrogens is 1. The number of hydrogen-bond acceptors (Lipinski definition) is 6. The number of carbonyl (C=O) groups excluding carboxylic acids is 1. The Hall–Kier alpha value is -2.38. The molecule has 0 aromatic carbocycles. The highest BCUT2D eigenvalue weighted by Crippen LogP contribution is 2.23. The molecule has 0 unspecified atom stereocenters. The van der Waals surface area contributed by atoms with Crippen LogP contribution in [-0.2, 0) is 4.74 Å². The van der Waals surface area contributed by atoms with Crippen LogP contribution in [0.3, 0.4) is 0 Å². The smallest absolute Gasteiger partial charge is 0.410 e. The second-order valence-electron chi connectivity index (χ2n) is 6.54. The summed E-state index contributed by atoms with van der Waals surface area (Å²) in [5.41, 5.74) is 0.0728. The standard InChI is InChI=1S/C15H22N4O4/c1-11-10-16-13(9-12(11)19(21)22)17-5-7-18(8-6-17)14(20)23-15(2,3)4/h9-10H,5-8H2,1-4H3. The number of rotatable bonds is 2. The monoisotopic (exact) mass is 322 g/mol. The fourth-order valence-electron chi connectivity index (χ4n) is 2.32. The molecule has 126 valence electrons. The third-order valence-corrected chi connectivity index (χ3v) is 3.51. The molecule has 1 aliphatic rings. The molecule has 1 aliphatic heterocycles. The number of amides is 1. The Morgan fingerprint density at radius 3 is 2.43 bits per heavy atom. The van der Waals surface area contributed by atoms with Gasteiger partial charge in [0.25, 0.3) is 5.69 Å². The molecule has 1 aromatic heterocycles. The van der Waals surface area contributed by atoms with Gasteiger partial charge in [0.05, 0.1) is 11.0 Å². The highest BCUT2D eigenvalue weighted by Gasteiger charge is 2.27. The van der Waals surface area contributed by atoms with Crippen molar-refractivity contribution in [2.75, 3.05) is 31.1 Å². The Morgan fingerprint density at radius 1 is 1.30 bits per heavy atom. The van der Waals surface area contributed by atoms with E-state index in [9.17, 15) is 14.9 Å². The van der Waals surface area contributed by atoms with Crippen LogP contribution in [0.15, 0.2) is 12.3 Å². The molecule has 1 amide bonds. The van der Waals surface area contributed by atoms with Crippen LogP contribution in [0.5, 0.6) is 0 Å². The van der Waals surface area contributed by atoms with Crippen molar-refractivity contribution in [3.63, 3.8) is 0 Å². The Kier molecular flexibility index (Phi) is 4.72. The molecule has 8 nitrogen and oxygen atoms in total. The van der Waals surface area contributed by atoms with Crippen molar-refractivity contribution in [3.05, 3.63) is 27.9 Å². The molecular weight excluding hydrogens is 300 g/mol. The third kappa shape index (κ3) is 4.30. The van der Waals surface area contributed by atoms with Crippen LogP contribution in [0, 0.1) is 17.0 Å². The van der Waals surface area contributed by atoms with Crippen molar-refractivity contribution in [2.24, 2.45) is 0 Å². The largest absolute Gasteiger partial charge is 0.444 e. The van der Waals surface area contributed by atoms with Gasteiger partial charge in [-0.25, -0.2) is 9.78 Å². The van der Waals surface area contributed by atoms with Crippen LogP contribution in [0.1, 0.15) is 26.3 Å². The minimum Gasteiger partial charge on any atom is -0.444 e. The number of carbonyl (C=O) groups is 1. The first-order valence-electron chi connectivity index (χ1n) is 7.51. The molecule has 0 atom stereocenters. The summed E-state index contributed by atoms with van der Waals surface area (Å²) in [6, 6.07) is 1.48. The van der Waals surface area contributed by atoms with Crippen LogP contribution < -0.4 is 4.90 Å².